The predicted octanol–water partition coefficient (Wildman–Crippen LogP) is 0.904. The zero-order chi connectivity index (χ0) is 9.97. The maximum Gasteiger partial charge on any atom is 0.0395 e. The van der Waals surface area contributed by atoms with E-state index in [1.54, 1.807) is 0 Å². The third kappa shape index (κ3) is 1.79. The van der Waals surface area contributed by atoms with Crippen molar-refractivity contribution in [3.63, 3.8) is 0 Å². The van der Waals surface area contributed by atoms with Crippen molar-refractivity contribution < 1.29 is 0 Å². The molecule has 1 N–H and O–H groups in total. The Morgan fingerprint density at radius 1 is 1.36 bits per heavy atom. The molecule has 14 heavy (non-hydrogen) atoms. The number of rotatable bonds is 3. The van der Waals surface area contributed by atoms with Crippen molar-refractivity contribution in [1.82, 2.24) is 15.2 Å². The first kappa shape index (κ1) is 9.62. The highest BCUT2D eigenvalue weighted by Crippen LogP contribution is 2.28. The first-order chi connectivity index (χ1) is 6.79. The molecule has 0 saturated carbocycles. The fourth-order valence-corrected chi connectivity index (χ4v) is 2.09. The minimum Gasteiger partial charge on any atom is -0.316 e. The van der Waals surface area contributed by atoms with E-state index in [-0.39, 0.29) is 0 Å². The number of pyridine rings is 1. The van der Waals surface area contributed by atoms with Gasteiger partial charge in [0.05, 0.1) is 0 Å². The van der Waals surface area contributed by atoms with Gasteiger partial charge in [-0.3, -0.25) is 4.98 Å². The van der Waals surface area contributed by atoms with Crippen molar-refractivity contribution in [3.05, 3.63) is 30.1 Å². The molecule has 2 rings (SSSR count). The Hall–Kier alpha value is -0.930. The molecule has 1 aliphatic heterocycles. The summed E-state index contributed by atoms with van der Waals surface area (Å²) in [6.45, 7) is 2.26. The number of nitrogens with one attached hydrogen (secondary N) is 1. The average Bonchev–Trinajstić information content (AvgIpc) is 2.12. The second-order valence-electron chi connectivity index (χ2n) is 4.11. The number of hydrogen-bond acceptors (Lipinski definition) is 3. The van der Waals surface area contributed by atoms with E-state index in [0.717, 1.165) is 19.0 Å². The predicted molar refractivity (Wildman–Crippen MR) is 57.0 cm³/mol. The lowest BCUT2D eigenvalue weighted by molar-refractivity contribution is 0.161. The lowest BCUT2D eigenvalue weighted by Crippen LogP contribution is -2.48. The van der Waals surface area contributed by atoms with Crippen molar-refractivity contribution in [1.29, 1.82) is 0 Å². The van der Waals surface area contributed by atoms with Gasteiger partial charge in [-0.05, 0) is 31.8 Å². The first-order valence-electron chi connectivity index (χ1n) is 5.06. The van der Waals surface area contributed by atoms with Crippen LogP contribution in [0.25, 0.3) is 0 Å². The van der Waals surface area contributed by atoms with E-state index in [2.05, 4.69) is 41.4 Å². The summed E-state index contributed by atoms with van der Waals surface area (Å²) in [6, 6.07) is 4.76. The van der Waals surface area contributed by atoms with Crippen LogP contribution in [0.4, 0.5) is 0 Å². The monoisotopic (exact) mass is 191 g/mol. The second kappa shape index (κ2) is 4.07. The summed E-state index contributed by atoms with van der Waals surface area (Å²) in [5, 5.41) is 3.32. The van der Waals surface area contributed by atoms with Crippen LogP contribution in [0.2, 0.25) is 0 Å². The summed E-state index contributed by atoms with van der Waals surface area (Å²) >= 11 is 0. The molecule has 1 aliphatic rings. The normalized spacial score (nSPS) is 19.4. The molecule has 1 aromatic rings. The zero-order valence-electron chi connectivity index (χ0n) is 8.77. The smallest absolute Gasteiger partial charge is 0.0395 e. The van der Waals surface area contributed by atoms with E-state index in [1.165, 1.54) is 5.56 Å². The van der Waals surface area contributed by atoms with Crippen LogP contribution in [-0.2, 0) is 0 Å². The van der Waals surface area contributed by atoms with E-state index in [4.69, 9.17) is 0 Å². The minimum absolute atomic E-state index is 0.527. The van der Waals surface area contributed by atoms with E-state index in [1.807, 2.05) is 12.4 Å². The van der Waals surface area contributed by atoms with Gasteiger partial charge in [-0.15, -0.1) is 0 Å². The maximum atomic E-state index is 4.06. The zero-order valence-corrected chi connectivity index (χ0v) is 8.77. The van der Waals surface area contributed by atoms with Gasteiger partial charge in [0.15, 0.2) is 0 Å². The molecular weight excluding hydrogens is 174 g/mol. The minimum atomic E-state index is 0.527. The number of hydrogen-bond donors (Lipinski definition) is 1. The highest BCUT2D eigenvalue weighted by atomic mass is 15.1. The Balaban J connectivity index is 2.18. The second-order valence-corrected chi connectivity index (χ2v) is 4.11. The Labute approximate surface area is 85.1 Å². The van der Waals surface area contributed by atoms with Gasteiger partial charge in [0, 0.05) is 37.4 Å². The molecule has 1 unspecified atom stereocenters. The summed E-state index contributed by atoms with van der Waals surface area (Å²) in [5.74, 6) is 0.743. The van der Waals surface area contributed by atoms with Gasteiger partial charge in [0.25, 0.3) is 0 Å². The van der Waals surface area contributed by atoms with Crippen LogP contribution in [0, 0.1) is 5.92 Å². The molecule has 0 bridgehead atoms. The summed E-state index contributed by atoms with van der Waals surface area (Å²) < 4.78 is 0. The van der Waals surface area contributed by atoms with E-state index < -0.39 is 0 Å². The van der Waals surface area contributed by atoms with Crippen LogP contribution in [0.5, 0.6) is 0 Å². The standard InChI is InChI=1S/C11H17N3/c1-14(2)11(10-7-13-8-10)9-3-5-12-6-4-9/h3-6,10-11,13H,7-8H2,1-2H3. The molecule has 1 saturated heterocycles. The van der Waals surface area contributed by atoms with Gasteiger partial charge >= 0.3 is 0 Å². The molecule has 1 atom stereocenters. The summed E-state index contributed by atoms with van der Waals surface area (Å²) in [5.41, 5.74) is 1.37. The SMILES string of the molecule is CN(C)C(c1ccncc1)C1CNC1. The van der Waals surface area contributed by atoms with E-state index in [0.29, 0.717) is 6.04 Å². The van der Waals surface area contributed by atoms with Crippen molar-refractivity contribution in [2.24, 2.45) is 5.92 Å². The van der Waals surface area contributed by atoms with Crippen molar-refractivity contribution >= 4 is 0 Å². The van der Waals surface area contributed by atoms with Crippen LogP contribution < -0.4 is 5.32 Å². The molecule has 1 fully saturated rings. The molecule has 0 radical (unpaired) electrons. The maximum absolute atomic E-state index is 4.06. The number of nitrogens with zero attached hydrogens (tertiary/aromatic N) is 2. The van der Waals surface area contributed by atoms with Gasteiger partial charge in [-0.2, -0.15) is 0 Å². The highest BCUT2D eigenvalue weighted by Gasteiger charge is 2.29. The molecular formula is C11H17N3. The van der Waals surface area contributed by atoms with Gasteiger partial charge in [0.1, 0.15) is 0 Å². The first-order valence-corrected chi connectivity index (χ1v) is 5.06. The summed E-state index contributed by atoms with van der Waals surface area (Å²) in [7, 11) is 4.28. The van der Waals surface area contributed by atoms with Crippen LogP contribution in [0.15, 0.2) is 24.5 Å². The Morgan fingerprint density at radius 3 is 2.43 bits per heavy atom. The van der Waals surface area contributed by atoms with Gasteiger partial charge in [-0.1, -0.05) is 0 Å². The van der Waals surface area contributed by atoms with Gasteiger partial charge in [0.2, 0.25) is 0 Å². The van der Waals surface area contributed by atoms with Crippen LogP contribution in [0.1, 0.15) is 11.6 Å². The molecule has 3 nitrogen and oxygen atoms in total. The molecule has 0 aliphatic carbocycles. The van der Waals surface area contributed by atoms with Crippen molar-refractivity contribution in [2.75, 3.05) is 27.2 Å². The molecule has 0 spiro atoms. The van der Waals surface area contributed by atoms with Crippen LogP contribution in [-0.4, -0.2) is 37.1 Å². The largest absolute Gasteiger partial charge is 0.316 e. The molecule has 0 aromatic carbocycles. The van der Waals surface area contributed by atoms with Gasteiger partial charge < -0.3 is 10.2 Å². The quantitative estimate of drug-likeness (QED) is 0.769. The molecule has 3 heteroatoms. The Morgan fingerprint density at radius 2 is 2.00 bits per heavy atom. The van der Waals surface area contributed by atoms with Gasteiger partial charge in [-0.25, -0.2) is 0 Å². The van der Waals surface area contributed by atoms with E-state index in [9.17, 15) is 0 Å². The fourth-order valence-electron chi connectivity index (χ4n) is 2.09. The third-order valence-electron chi connectivity index (χ3n) is 2.86. The van der Waals surface area contributed by atoms with Crippen molar-refractivity contribution in [2.45, 2.75) is 6.04 Å². The summed E-state index contributed by atoms with van der Waals surface area (Å²) in [4.78, 5) is 6.35. The number of aromatic nitrogens is 1. The molecule has 0 amide bonds. The lowest BCUT2D eigenvalue weighted by Gasteiger charge is -2.38. The summed E-state index contributed by atoms with van der Waals surface area (Å²) in [6.07, 6.45) is 3.75. The highest BCUT2D eigenvalue weighted by molar-refractivity contribution is 5.17. The Bertz CT molecular complexity index is 280. The molecule has 1 aromatic heterocycles. The third-order valence-corrected chi connectivity index (χ3v) is 2.86. The van der Waals surface area contributed by atoms with Crippen LogP contribution >= 0.6 is 0 Å². The lowest BCUT2D eigenvalue weighted by atomic mass is 9.88. The Kier molecular flexibility index (Phi) is 2.79. The van der Waals surface area contributed by atoms with Crippen LogP contribution in [0.3, 0.4) is 0 Å². The van der Waals surface area contributed by atoms with E-state index >= 15 is 0 Å². The molecule has 76 valence electrons. The van der Waals surface area contributed by atoms with Crippen molar-refractivity contribution in [3.8, 4) is 0 Å². The fraction of sp³-hybridized carbons (Fsp3) is 0.545. The topological polar surface area (TPSA) is 28.2 Å². The molecule has 2 heterocycles. The average molecular weight is 191 g/mol.